The van der Waals surface area contributed by atoms with Crippen molar-refractivity contribution in [3.63, 3.8) is 0 Å². The first-order valence-corrected chi connectivity index (χ1v) is 7.87. The molecule has 1 fully saturated rings. The molecule has 1 saturated heterocycles. The van der Waals surface area contributed by atoms with E-state index in [9.17, 15) is 0 Å². The lowest BCUT2D eigenvalue weighted by Gasteiger charge is -2.23. The summed E-state index contributed by atoms with van der Waals surface area (Å²) < 4.78 is 11.3. The Hall–Kier alpha value is -0.320. The van der Waals surface area contributed by atoms with Crippen LogP contribution in [-0.2, 0) is 22.3 Å². The van der Waals surface area contributed by atoms with Gasteiger partial charge in [-0.3, -0.25) is 0 Å². The molecule has 1 aliphatic heterocycles. The van der Waals surface area contributed by atoms with Crippen molar-refractivity contribution in [2.45, 2.75) is 38.4 Å². The molecule has 20 heavy (non-hydrogen) atoms. The molecule has 3 nitrogen and oxygen atoms in total. The zero-order chi connectivity index (χ0) is 14.4. The Morgan fingerprint density at radius 3 is 2.80 bits per heavy atom. The van der Waals surface area contributed by atoms with Gasteiger partial charge in [0.25, 0.3) is 0 Å². The quantitative estimate of drug-likeness (QED) is 0.872. The van der Waals surface area contributed by atoms with Gasteiger partial charge in [0.15, 0.2) is 6.29 Å². The van der Waals surface area contributed by atoms with Crippen LogP contribution >= 0.6 is 23.2 Å². The highest BCUT2D eigenvalue weighted by molar-refractivity contribution is 6.42. The summed E-state index contributed by atoms with van der Waals surface area (Å²) in [4.78, 5) is 0. The van der Waals surface area contributed by atoms with E-state index in [2.05, 4.69) is 0 Å². The molecule has 5 heteroatoms. The maximum absolute atomic E-state index is 6.30. The van der Waals surface area contributed by atoms with E-state index in [1.807, 2.05) is 12.1 Å². The van der Waals surface area contributed by atoms with Gasteiger partial charge in [0.2, 0.25) is 0 Å². The Kier molecular flexibility index (Phi) is 6.59. The number of hydrogen-bond acceptors (Lipinski definition) is 3. The van der Waals surface area contributed by atoms with Crippen LogP contribution in [0.15, 0.2) is 12.1 Å². The second-order valence-electron chi connectivity index (χ2n) is 4.95. The van der Waals surface area contributed by atoms with Crippen molar-refractivity contribution in [3.8, 4) is 0 Å². The van der Waals surface area contributed by atoms with Gasteiger partial charge >= 0.3 is 0 Å². The Balaban J connectivity index is 1.94. The van der Waals surface area contributed by atoms with E-state index in [0.29, 0.717) is 23.2 Å². The fourth-order valence-electron chi connectivity index (χ4n) is 2.43. The molecule has 1 heterocycles. The Morgan fingerprint density at radius 1 is 1.25 bits per heavy atom. The molecular weight excluding hydrogens is 297 g/mol. The van der Waals surface area contributed by atoms with E-state index in [0.717, 1.165) is 43.4 Å². The highest BCUT2D eigenvalue weighted by Crippen LogP contribution is 2.29. The van der Waals surface area contributed by atoms with Gasteiger partial charge in [0, 0.05) is 6.61 Å². The number of nitrogens with two attached hydrogens (primary N) is 1. The fraction of sp³-hybridized carbons (Fsp3) is 0.600. The number of benzene rings is 1. The van der Waals surface area contributed by atoms with Crippen molar-refractivity contribution in [1.29, 1.82) is 0 Å². The molecular formula is C15H21Cl2NO2. The number of ether oxygens (including phenoxy) is 2. The standard InChI is InChI=1S/C15H21Cl2NO2/c16-13-5-4-11(6-8-18)12(15(13)17)7-10-20-14-3-1-2-9-19-14/h4-5,14H,1-3,6-10,18H2. The SMILES string of the molecule is NCCc1ccc(Cl)c(Cl)c1CCOC1CCCCO1. The lowest BCUT2D eigenvalue weighted by molar-refractivity contribution is -0.161. The second kappa shape index (κ2) is 8.20. The summed E-state index contributed by atoms with van der Waals surface area (Å²) >= 11 is 12.4. The first-order chi connectivity index (χ1) is 9.72. The third-order valence-corrected chi connectivity index (χ3v) is 4.34. The largest absolute Gasteiger partial charge is 0.353 e. The molecule has 1 aromatic carbocycles. The maximum atomic E-state index is 6.30. The lowest BCUT2D eigenvalue weighted by atomic mass is 10.0. The average molecular weight is 318 g/mol. The van der Waals surface area contributed by atoms with Gasteiger partial charge in [0.05, 0.1) is 16.7 Å². The van der Waals surface area contributed by atoms with Crippen molar-refractivity contribution in [2.24, 2.45) is 5.73 Å². The molecule has 112 valence electrons. The predicted octanol–water partition coefficient (Wildman–Crippen LogP) is 3.58. The molecule has 2 N–H and O–H groups in total. The Morgan fingerprint density at radius 2 is 2.10 bits per heavy atom. The van der Waals surface area contributed by atoms with Crippen molar-refractivity contribution < 1.29 is 9.47 Å². The molecule has 0 spiro atoms. The topological polar surface area (TPSA) is 44.5 Å². The molecule has 1 unspecified atom stereocenters. The van der Waals surface area contributed by atoms with Crippen LogP contribution in [0.25, 0.3) is 0 Å². The summed E-state index contributed by atoms with van der Waals surface area (Å²) in [7, 11) is 0. The van der Waals surface area contributed by atoms with Gasteiger partial charge in [-0.1, -0.05) is 29.3 Å². The van der Waals surface area contributed by atoms with E-state index in [4.69, 9.17) is 38.4 Å². The summed E-state index contributed by atoms with van der Waals surface area (Å²) in [5, 5.41) is 1.20. The maximum Gasteiger partial charge on any atom is 0.157 e. The van der Waals surface area contributed by atoms with Gasteiger partial charge in [-0.2, -0.15) is 0 Å². The van der Waals surface area contributed by atoms with Crippen LogP contribution < -0.4 is 5.73 Å². The lowest BCUT2D eigenvalue weighted by Crippen LogP contribution is -2.23. The van der Waals surface area contributed by atoms with Gasteiger partial charge in [-0.05, 0) is 55.8 Å². The number of halogens is 2. The van der Waals surface area contributed by atoms with Gasteiger partial charge in [-0.25, -0.2) is 0 Å². The van der Waals surface area contributed by atoms with E-state index in [1.165, 1.54) is 6.42 Å². The first-order valence-electron chi connectivity index (χ1n) is 7.11. The van der Waals surface area contributed by atoms with E-state index < -0.39 is 0 Å². The van der Waals surface area contributed by atoms with Crippen molar-refractivity contribution in [1.82, 2.24) is 0 Å². The summed E-state index contributed by atoms with van der Waals surface area (Å²) in [6, 6.07) is 3.82. The molecule has 2 rings (SSSR count). The smallest absolute Gasteiger partial charge is 0.157 e. The molecule has 1 atom stereocenters. The Labute approximate surface area is 130 Å². The molecule has 0 bridgehead atoms. The van der Waals surface area contributed by atoms with Gasteiger partial charge in [0.1, 0.15) is 0 Å². The monoisotopic (exact) mass is 317 g/mol. The van der Waals surface area contributed by atoms with E-state index in [-0.39, 0.29) is 6.29 Å². The minimum Gasteiger partial charge on any atom is -0.353 e. The molecule has 1 aliphatic rings. The zero-order valence-electron chi connectivity index (χ0n) is 11.5. The predicted molar refractivity (Wildman–Crippen MR) is 82.5 cm³/mol. The highest BCUT2D eigenvalue weighted by Gasteiger charge is 2.15. The summed E-state index contributed by atoms with van der Waals surface area (Å²) in [6.07, 6.45) is 4.72. The van der Waals surface area contributed by atoms with E-state index >= 15 is 0 Å². The number of hydrogen-bond donors (Lipinski definition) is 1. The molecule has 0 saturated carbocycles. The summed E-state index contributed by atoms with van der Waals surface area (Å²) in [5.74, 6) is 0. The van der Waals surface area contributed by atoms with Gasteiger partial charge in [-0.15, -0.1) is 0 Å². The van der Waals surface area contributed by atoms with Crippen LogP contribution in [0.5, 0.6) is 0 Å². The first kappa shape index (κ1) is 16.1. The summed E-state index contributed by atoms with van der Waals surface area (Å²) in [5.41, 5.74) is 7.83. The van der Waals surface area contributed by atoms with E-state index in [1.54, 1.807) is 0 Å². The van der Waals surface area contributed by atoms with Crippen LogP contribution in [0.1, 0.15) is 30.4 Å². The van der Waals surface area contributed by atoms with Crippen molar-refractivity contribution in [2.75, 3.05) is 19.8 Å². The van der Waals surface area contributed by atoms with Crippen LogP contribution in [0.4, 0.5) is 0 Å². The second-order valence-corrected chi connectivity index (χ2v) is 5.74. The third-order valence-electron chi connectivity index (χ3n) is 3.50. The molecule has 0 radical (unpaired) electrons. The van der Waals surface area contributed by atoms with Crippen LogP contribution in [-0.4, -0.2) is 26.0 Å². The average Bonchev–Trinajstić information content (AvgIpc) is 2.47. The fourth-order valence-corrected chi connectivity index (χ4v) is 2.88. The van der Waals surface area contributed by atoms with Gasteiger partial charge < -0.3 is 15.2 Å². The van der Waals surface area contributed by atoms with Crippen molar-refractivity contribution in [3.05, 3.63) is 33.3 Å². The summed E-state index contributed by atoms with van der Waals surface area (Å²) in [6.45, 7) is 1.97. The molecule has 0 aliphatic carbocycles. The molecule has 0 aromatic heterocycles. The Bertz CT molecular complexity index is 434. The zero-order valence-corrected chi connectivity index (χ0v) is 13.1. The van der Waals surface area contributed by atoms with Crippen molar-refractivity contribution >= 4 is 23.2 Å². The van der Waals surface area contributed by atoms with Crippen LogP contribution in [0, 0.1) is 0 Å². The normalized spacial score (nSPS) is 19.2. The number of rotatable bonds is 6. The molecule has 0 amide bonds. The minimum atomic E-state index is -0.0698. The van der Waals surface area contributed by atoms with Crippen LogP contribution in [0.3, 0.4) is 0 Å². The third kappa shape index (κ3) is 4.34. The minimum absolute atomic E-state index is 0.0698. The molecule has 1 aromatic rings. The van der Waals surface area contributed by atoms with Crippen LogP contribution in [0.2, 0.25) is 10.0 Å². The highest BCUT2D eigenvalue weighted by atomic mass is 35.5.